The van der Waals surface area contributed by atoms with Crippen molar-refractivity contribution >= 4 is 5.91 Å². The Morgan fingerprint density at radius 1 is 1.27 bits per heavy atom. The largest absolute Gasteiger partial charge is 0.494 e. The molecular weight excluding hydrogens is 274 g/mol. The highest BCUT2D eigenvalue weighted by atomic mass is 16.5. The van der Waals surface area contributed by atoms with E-state index >= 15 is 0 Å². The first kappa shape index (κ1) is 16.6. The Balaban J connectivity index is 1.68. The Labute approximate surface area is 133 Å². The van der Waals surface area contributed by atoms with E-state index in [1.165, 1.54) is 5.56 Å². The van der Waals surface area contributed by atoms with Crippen LogP contribution in [0.1, 0.15) is 44.6 Å². The van der Waals surface area contributed by atoms with Crippen molar-refractivity contribution in [1.29, 1.82) is 0 Å². The van der Waals surface area contributed by atoms with Crippen molar-refractivity contribution in [2.45, 2.75) is 45.4 Å². The molecule has 1 atom stereocenters. The zero-order valence-corrected chi connectivity index (χ0v) is 13.5. The molecule has 1 aliphatic carbocycles. The summed E-state index contributed by atoms with van der Waals surface area (Å²) in [6.45, 7) is 3.64. The number of carbonyl (C=O) groups excluding carboxylic acids is 1. The molecule has 0 spiro atoms. The third-order valence-electron chi connectivity index (χ3n) is 4.04. The molecule has 1 N–H and O–H groups in total. The minimum atomic E-state index is 0.166. The molecule has 0 heterocycles. The predicted molar refractivity (Wildman–Crippen MR) is 90.0 cm³/mol. The first-order valence-corrected chi connectivity index (χ1v) is 8.44. The highest BCUT2D eigenvalue weighted by Gasteiger charge is 2.17. The quantitative estimate of drug-likeness (QED) is 0.584. The molecule has 22 heavy (non-hydrogen) atoms. The fraction of sp³-hybridized carbons (Fsp3) is 0.526. The summed E-state index contributed by atoms with van der Waals surface area (Å²) in [6, 6.07) is 8.19. The smallest absolute Gasteiger partial charge is 0.223 e. The Kier molecular flexibility index (Phi) is 7.01. The average molecular weight is 301 g/mol. The number of nitrogens with one attached hydrogen (secondary N) is 1. The van der Waals surface area contributed by atoms with Crippen LogP contribution in [0, 0.1) is 5.92 Å². The first-order valence-electron chi connectivity index (χ1n) is 8.44. The third-order valence-corrected chi connectivity index (χ3v) is 4.04. The molecule has 1 aromatic carbocycles. The predicted octanol–water partition coefficient (Wildman–Crippen LogP) is 3.88. The Hall–Kier alpha value is -1.77. The van der Waals surface area contributed by atoms with E-state index in [1.807, 2.05) is 12.1 Å². The van der Waals surface area contributed by atoms with Crippen molar-refractivity contribution in [3.8, 4) is 5.75 Å². The van der Waals surface area contributed by atoms with E-state index in [2.05, 4.69) is 36.5 Å². The molecule has 0 bridgehead atoms. The highest BCUT2D eigenvalue weighted by Crippen LogP contribution is 2.18. The number of rotatable bonds is 8. The summed E-state index contributed by atoms with van der Waals surface area (Å²) >= 11 is 0. The van der Waals surface area contributed by atoms with E-state index in [0.717, 1.165) is 50.9 Å². The Morgan fingerprint density at radius 2 is 2.09 bits per heavy atom. The molecule has 0 radical (unpaired) electrons. The molecule has 1 unspecified atom stereocenters. The van der Waals surface area contributed by atoms with Gasteiger partial charge in [0.1, 0.15) is 5.75 Å². The van der Waals surface area contributed by atoms with Gasteiger partial charge < -0.3 is 10.1 Å². The lowest BCUT2D eigenvalue weighted by Gasteiger charge is -2.17. The van der Waals surface area contributed by atoms with Crippen molar-refractivity contribution in [1.82, 2.24) is 5.32 Å². The second kappa shape index (κ2) is 9.29. The van der Waals surface area contributed by atoms with E-state index in [1.54, 1.807) is 0 Å². The molecule has 1 amide bonds. The van der Waals surface area contributed by atoms with Crippen LogP contribution >= 0.6 is 0 Å². The van der Waals surface area contributed by atoms with Crippen molar-refractivity contribution in [3.05, 3.63) is 42.0 Å². The molecule has 0 saturated heterocycles. The van der Waals surface area contributed by atoms with Gasteiger partial charge in [-0.1, -0.05) is 37.6 Å². The maximum Gasteiger partial charge on any atom is 0.223 e. The lowest BCUT2D eigenvalue weighted by molar-refractivity contribution is -0.125. The van der Waals surface area contributed by atoms with Gasteiger partial charge in [-0.05, 0) is 49.8 Å². The third kappa shape index (κ3) is 5.55. The molecule has 0 saturated carbocycles. The van der Waals surface area contributed by atoms with Crippen LogP contribution in [-0.2, 0) is 11.2 Å². The molecule has 3 nitrogen and oxygen atoms in total. The van der Waals surface area contributed by atoms with Crippen molar-refractivity contribution in [2.24, 2.45) is 5.92 Å². The Morgan fingerprint density at radius 3 is 2.77 bits per heavy atom. The standard InChI is InChI=1S/C19H27NO2/c1-2-3-15-22-18-11-9-16(10-12-18)13-14-20-19(21)17-7-5-4-6-8-17/h4-5,9-12,17H,2-3,6-8,13-15H2,1H3,(H,20,21). The van der Waals surface area contributed by atoms with Crippen LogP contribution in [0.25, 0.3) is 0 Å². The number of benzene rings is 1. The maximum absolute atomic E-state index is 12.0. The molecule has 0 fully saturated rings. The van der Waals surface area contributed by atoms with E-state index in [4.69, 9.17) is 4.74 Å². The van der Waals surface area contributed by atoms with Gasteiger partial charge in [0.05, 0.1) is 6.61 Å². The summed E-state index contributed by atoms with van der Waals surface area (Å²) in [7, 11) is 0. The van der Waals surface area contributed by atoms with E-state index in [0.29, 0.717) is 6.54 Å². The molecular formula is C19H27NO2. The van der Waals surface area contributed by atoms with Crippen molar-refractivity contribution in [3.63, 3.8) is 0 Å². The lowest BCUT2D eigenvalue weighted by atomic mass is 9.93. The first-order chi connectivity index (χ1) is 10.8. The summed E-state index contributed by atoms with van der Waals surface area (Å²) < 4.78 is 5.65. The van der Waals surface area contributed by atoms with Crippen molar-refractivity contribution < 1.29 is 9.53 Å². The molecule has 0 aromatic heterocycles. The molecule has 3 heteroatoms. The van der Waals surface area contributed by atoms with E-state index in [-0.39, 0.29) is 11.8 Å². The monoisotopic (exact) mass is 301 g/mol. The van der Waals surface area contributed by atoms with Gasteiger partial charge in [0.25, 0.3) is 0 Å². The van der Waals surface area contributed by atoms with Gasteiger partial charge in [0.2, 0.25) is 5.91 Å². The van der Waals surface area contributed by atoms with Gasteiger partial charge in [-0.2, -0.15) is 0 Å². The second-order valence-electron chi connectivity index (χ2n) is 5.87. The lowest BCUT2D eigenvalue weighted by Crippen LogP contribution is -2.32. The SMILES string of the molecule is CCCCOc1ccc(CCNC(=O)C2CC=CCC2)cc1. The van der Waals surface area contributed by atoms with Crippen LogP contribution in [-0.4, -0.2) is 19.1 Å². The van der Waals surface area contributed by atoms with Crippen LogP contribution < -0.4 is 10.1 Å². The fourth-order valence-electron chi connectivity index (χ4n) is 2.59. The summed E-state index contributed by atoms with van der Waals surface area (Å²) in [4.78, 5) is 12.0. The summed E-state index contributed by atoms with van der Waals surface area (Å²) in [5.41, 5.74) is 1.23. The molecule has 2 rings (SSSR count). The zero-order chi connectivity index (χ0) is 15.6. The van der Waals surface area contributed by atoms with Crippen molar-refractivity contribution in [2.75, 3.05) is 13.2 Å². The Bertz CT molecular complexity index is 479. The summed E-state index contributed by atoms with van der Waals surface area (Å²) in [6.07, 6.45) is 10.3. The molecule has 120 valence electrons. The topological polar surface area (TPSA) is 38.3 Å². The number of unbranched alkanes of at least 4 members (excludes halogenated alkanes) is 1. The van der Waals surface area contributed by atoms with Crippen LogP contribution in [0.2, 0.25) is 0 Å². The van der Waals surface area contributed by atoms with Gasteiger partial charge in [-0.15, -0.1) is 0 Å². The second-order valence-corrected chi connectivity index (χ2v) is 5.87. The zero-order valence-electron chi connectivity index (χ0n) is 13.5. The molecule has 1 aromatic rings. The maximum atomic E-state index is 12.0. The number of hydrogen-bond acceptors (Lipinski definition) is 2. The number of hydrogen-bond donors (Lipinski definition) is 1. The normalized spacial score (nSPS) is 17.2. The number of amides is 1. The number of carbonyl (C=O) groups is 1. The number of allylic oxidation sites excluding steroid dienone is 2. The highest BCUT2D eigenvalue weighted by molar-refractivity contribution is 5.78. The van der Waals surface area contributed by atoms with Gasteiger partial charge in [-0.25, -0.2) is 0 Å². The fourth-order valence-corrected chi connectivity index (χ4v) is 2.59. The van der Waals surface area contributed by atoms with Crippen LogP contribution in [0.3, 0.4) is 0 Å². The minimum Gasteiger partial charge on any atom is -0.494 e. The number of ether oxygens (including phenoxy) is 1. The van der Waals surface area contributed by atoms with Gasteiger partial charge >= 0.3 is 0 Å². The van der Waals surface area contributed by atoms with Gasteiger partial charge in [-0.3, -0.25) is 4.79 Å². The summed E-state index contributed by atoms with van der Waals surface area (Å²) in [5.74, 6) is 1.29. The van der Waals surface area contributed by atoms with E-state index in [9.17, 15) is 4.79 Å². The molecule has 0 aliphatic heterocycles. The summed E-state index contributed by atoms with van der Waals surface area (Å²) in [5, 5.41) is 3.05. The van der Waals surface area contributed by atoms with Crippen LogP contribution in [0.5, 0.6) is 5.75 Å². The average Bonchev–Trinajstić information content (AvgIpc) is 2.57. The van der Waals surface area contributed by atoms with Gasteiger partial charge in [0.15, 0.2) is 0 Å². The van der Waals surface area contributed by atoms with Gasteiger partial charge in [0, 0.05) is 12.5 Å². The molecule has 1 aliphatic rings. The van der Waals surface area contributed by atoms with E-state index < -0.39 is 0 Å². The van der Waals surface area contributed by atoms with Crippen LogP contribution in [0.15, 0.2) is 36.4 Å². The minimum absolute atomic E-state index is 0.166. The van der Waals surface area contributed by atoms with Crippen LogP contribution in [0.4, 0.5) is 0 Å².